The Morgan fingerprint density at radius 3 is 3.06 bits per heavy atom. The summed E-state index contributed by atoms with van der Waals surface area (Å²) in [6, 6.07) is 5.40. The second-order valence-corrected chi connectivity index (χ2v) is 4.82. The molecule has 1 saturated heterocycles. The van der Waals surface area contributed by atoms with Gasteiger partial charge in [0.15, 0.2) is 0 Å². The van der Waals surface area contributed by atoms with Gasteiger partial charge in [0.05, 0.1) is 4.92 Å². The fourth-order valence-corrected chi connectivity index (χ4v) is 2.76. The molecule has 1 aliphatic rings. The zero-order chi connectivity index (χ0) is 13.1. The summed E-state index contributed by atoms with van der Waals surface area (Å²) < 4.78 is 0. The Hall–Kier alpha value is -1.33. The van der Waals surface area contributed by atoms with Gasteiger partial charge in [0.2, 0.25) is 0 Å². The van der Waals surface area contributed by atoms with E-state index in [9.17, 15) is 10.1 Å². The molecule has 0 spiro atoms. The lowest BCUT2D eigenvalue weighted by atomic mass is 10.2. The van der Waals surface area contributed by atoms with Gasteiger partial charge in [-0.25, -0.2) is 0 Å². The number of hydrogen-bond acceptors (Lipinski definition) is 4. The first-order chi connectivity index (χ1) is 8.65. The molecule has 0 saturated carbocycles. The molecule has 98 valence electrons. The molecular formula is C12H16ClN3O2. The lowest BCUT2D eigenvalue weighted by Crippen LogP contribution is -2.37. The third-order valence-corrected chi connectivity index (χ3v) is 3.58. The Balaban J connectivity index is 2.38. The minimum atomic E-state index is -0.396. The van der Waals surface area contributed by atoms with Gasteiger partial charge in [0, 0.05) is 19.1 Å². The molecule has 1 N–H and O–H groups in total. The van der Waals surface area contributed by atoms with Crippen LogP contribution in [0.25, 0.3) is 0 Å². The summed E-state index contributed by atoms with van der Waals surface area (Å²) in [6.07, 6.45) is 2.10. The molecule has 1 heterocycles. The number of nitro groups is 1. The van der Waals surface area contributed by atoms with E-state index in [0.29, 0.717) is 11.7 Å². The van der Waals surface area contributed by atoms with Gasteiger partial charge in [0.25, 0.3) is 0 Å². The van der Waals surface area contributed by atoms with Gasteiger partial charge in [-0.3, -0.25) is 10.1 Å². The maximum absolute atomic E-state index is 11.1. The number of para-hydroxylation sites is 1. The van der Waals surface area contributed by atoms with Crippen LogP contribution < -0.4 is 10.2 Å². The lowest BCUT2D eigenvalue weighted by Gasteiger charge is -2.26. The van der Waals surface area contributed by atoms with Crippen molar-refractivity contribution in [1.82, 2.24) is 5.32 Å². The van der Waals surface area contributed by atoms with Crippen LogP contribution in [0.5, 0.6) is 0 Å². The molecule has 0 bridgehead atoms. The number of nitrogens with zero attached hydrogens (tertiary/aromatic N) is 2. The molecule has 6 heteroatoms. The van der Waals surface area contributed by atoms with Crippen molar-refractivity contribution < 1.29 is 4.92 Å². The van der Waals surface area contributed by atoms with Crippen molar-refractivity contribution in [2.24, 2.45) is 0 Å². The van der Waals surface area contributed by atoms with E-state index in [-0.39, 0.29) is 10.7 Å². The van der Waals surface area contributed by atoms with Crippen molar-refractivity contribution in [3.63, 3.8) is 0 Å². The molecule has 0 aromatic heterocycles. The van der Waals surface area contributed by atoms with Crippen molar-refractivity contribution in [3.8, 4) is 0 Å². The molecule has 18 heavy (non-hydrogen) atoms. The van der Waals surface area contributed by atoms with E-state index in [1.54, 1.807) is 18.2 Å². The van der Waals surface area contributed by atoms with Gasteiger partial charge in [0.1, 0.15) is 10.7 Å². The predicted molar refractivity (Wildman–Crippen MR) is 72.4 cm³/mol. The minimum Gasteiger partial charge on any atom is -0.362 e. The first-order valence-electron chi connectivity index (χ1n) is 5.99. The van der Waals surface area contributed by atoms with Crippen LogP contribution in [-0.2, 0) is 0 Å². The Morgan fingerprint density at radius 1 is 1.61 bits per heavy atom. The van der Waals surface area contributed by atoms with Gasteiger partial charge < -0.3 is 10.2 Å². The van der Waals surface area contributed by atoms with E-state index < -0.39 is 4.92 Å². The standard InChI is InChI=1S/C12H16ClN3O2/c1-14-8-9-4-3-7-15(9)11-6-2-5-10(13)12(11)16(17)18/h2,5-6,9,14H,3-4,7-8H2,1H3. The quantitative estimate of drug-likeness (QED) is 0.674. The minimum absolute atomic E-state index is 0.0159. The van der Waals surface area contributed by atoms with Crippen molar-refractivity contribution in [1.29, 1.82) is 0 Å². The van der Waals surface area contributed by atoms with E-state index in [1.807, 2.05) is 7.05 Å². The van der Waals surface area contributed by atoms with E-state index in [2.05, 4.69) is 10.2 Å². The summed E-state index contributed by atoms with van der Waals surface area (Å²) in [5.74, 6) is 0. The van der Waals surface area contributed by atoms with E-state index in [1.165, 1.54) is 0 Å². The molecule has 1 aliphatic heterocycles. The summed E-state index contributed by atoms with van der Waals surface area (Å²) >= 11 is 5.94. The van der Waals surface area contributed by atoms with Crippen LogP contribution in [0.4, 0.5) is 11.4 Å². The number of hydrogen-bond donors (Lipinski definition) is 1. The third-order valence-electron chi connectivity index (χ3n) is 3.27. The summed E-state index contributed by atoms with van der Waals surface area (Å²) in [4.78, 5) is 12.8. The molecule has 1 unspecified atom stereocenters. The third kappa shape index (κ3) is 2.42. The highest BCUT2D eigenvalue weighted by molar-refractivity contribution is 6.33. The average molecular weight is 270 g/mol. The van der Waals surface area contributed by atoms with E-state index in [0.717, 1.165) is 25.9 Å². The molecule has 2 rings (SSSR count). The highest BCUT2D eigenvalue weighted by Crippen LogP contribution is 2.38. The SMILES string of the molecule is CNCC1CCCN1c1cccc(Cl)c1[N+](=O)[O-]. The van der Waals surface area contributed by atoms with Crippen LogP contribution in [0.15, 0.2) is 18.2 Å². The van der Waals surface area contributed by atoms with Crippen molar-refractivity contribution in [2.45, 2.75) is 18.9 Å². The summed E-state index contributed by atoms with van der Waals surface area (Å²) in [5.41, 5.74) is 0.646. The molecule has 1 aromatic carbocycles. The number of halogens is 1. The van der Waals surface area contributed by atoms with Crippen LogP contribution in [0.1, 0.15) is 12.8 Å². The second-order valence-electron chi connectivity index (χ2n) is 4.41. The zero-order valence-corrected chi connectivity index (χ0v) is 11.0. The molecule has 0 amide bonds. The van der Waals surface area contributed by atoms with Crippen LogP contribution in [-0.4, -0.2) is 31.1 Å². The van der Waals surface area contributed by atoms with Crippen LogP contribution in [0, 0.1) is 10.1 Å². The van der Waals surface area contributed by atoms with E-state index >= 15 is 0 Å². The molecule has 1 fully saturated rings. The Bertz CT molecular complexity index is 453. The van der Waals surface area contributed by atoms with Crippen molar-refractivity contribution in [3.05, 3.63) is 33.3 Å². The maximum atomic E-state index is 11.1. The van der Waals surface area contributed by atoms with E-state index in [4.69, 9.17) is 11.6 Å². The number of nitrogens with one attached hydrogen (secondary N) is 1. The predicted octanol–water partition coefficient (Wildman–Crippen LogP) is 2.44. The first kappa shape index (κ1) is 13.1. The monoisotopic (exact) mass is 269 g/mol. The summed E-state index contributed by atoms with van der Waals surface area (Å²) in [5, 5.41) is 14.5. The van der Waals surface area contributed by atoms with Crippen LogP contribution in [0.2, 0.25) is 5.02 Å². The zero-order valence-electron chi connectivity index (χ0n) is 10.2. The number of anilines is 1. The van der Waals surface area contributed by atoms with Crippen molar-refractivity contribution >= 4 is 23.0 Å². The Labute approximate surface area is 111 Å². The fraction of sp³-hybridized carbons (Fsp3) is 0.500. The number of rotatable bonds is 4. The Morgan fingerprint density at radius 2 is 2.39 bits per heavy atom. The topological polar surface area (TPSA) is 58.4 Å². The average Bonchev–Trinajstić information content (AvgIpc) is 2.76. The van der Waals surface area contributed by atoms with Crippen LogP contribution in [0.3, 0.4) is 0 Å². The number of nitro benzene ring substituents is 1. The van der Waals surface area contributed by atoms with Gasteiger partial charge in [-0.1, -0.05) is 17.7 Å². The first-order valence-corrected chi connectivity index (χ1v) is 6.37. The normalized spacial score (nSPS) is 19.2. The van der Waals surface area contributed by atoms with Gasteiger partial charge in [-0.2, -0.15) is 0 Å². The highest BCUT2D eigenvalue weighted by atomic mass is 35.5. The smallest absolute Gasteiger partial charge is 0.310 e. The van der Waals surface area contributed by atoms with Crippen LogP contribution >= 0.6 is 11.6 Å². The highest BCUT2D eigenvalue weighted by Gasteiger charge is 2.30. The van der Waals surface area contributed by atoms with Gasteiger partial charge >= 0.3 is 5.69 Å². The summed E-state index contributed by atoms with van der Waals surface area (Å²) in [7, 11) is 1.89. The molecule has 0 radical (unpaired) electrons. The lowest BCUT2D eigenvalue weighted by molar-refractivity contribution is -0.384. The number of likely N-dealkylation sites (N-methyl/N-ethyl adjacent to an activating group) is 1. The van der Waals surface area contributed by atoms with Crippen molar-refractivity contribution in [2.75, 3.05) is 25.0 Å². The molecule has 5 nitrogen and oxygen atoms in total. The molecule has 1 atom stereocenters. The van der Waals surface area contributed by atoms with Gasteiger partial charge in [-0.05, 0) is 32.0 Å². The van der Waals surface area contributed by atoms with Gasteiger partial charge in [-0.15, -0.1) is 0 Å². The Kier molecular flexibility index (Phi) is 4.04. The largest absolute Gasteiger partial charge is 0.362 e. The number of benzene rings is 1. The molecule has 1 aromatic rings. The summed E-state index contributed by atoms with van der Waals surface area (Å²) in [6.45, 7) is 1.66. The molecule has 0 aliphatic carbocycles. The second kappa shape index (κ2) is 5.54. The molecular weight excluding hydrogens is 254 g/mol. The maximum Gasteiger partial charge on any atom is 0.310 e. The fourth-order valence-electron chi connectivity index (χ4n) is 2.52.